The van der Waals surface area contributed by atoms with E-state index in [1.54, 1.807) is 30.3 Å². The van der Waals surface area contributed by atoms with Crippen LogP contribution >= 0.6 is 0 Å². The molecule has 0 atom stereocenters. The zero-order valence-corrected chi connectivity index (χ0v) is 17.5. The maximum absolute atomic E-state index is 12.6. The highest BCUT2D eigenvalue weighted by molar-refractivity contribution is 6.15. The molecule has 1 aliphatic heterocycles. The number of hydrogen-bond acceptors (Lipinski definition) is 6. The van der Waals surface area contributed by atoms with Crippen LogP contribution in [0.15, 0.2) is 48.2 Å². The van der Waals surface area contributed by atoms with Crippen LogP contribution < -0.4 is 25.8 Å². The molecule has 32 heavy (non-hydrogen) atoms. The van der Waals surface area contributed by atoms with Crippen molar-refractivity contribution in [2.24, 2.45) is 5.73 Å². The molecule has 1 fully saturated rings. The summed E-state index contributed by atoms with van der Waals surface area (Å²) in [5, 5.41) is 5.10. The fourth-order valence-corrected chi connectivity index (χ4v) is 2.90. The average Bonchev–Trinajstić information content (AvgIpc) is 3.01. The summed E-state index contributed by atoms with van der Waals surface area (Å²) in [6, 6.07) is 11.2. The molecule has 1 aliphatic rings. The molecule has 10 heteroatoms. The Morgan fingerprint density at radius 3 is 2.50 bits per heavy atom. The number of urea groups is 1. The van der Waals surface area contributed by atoms with Crippen molar-refractivity contribution in [2.45, 2.75) is 6.92 Å². The number of ether oxygens (including phenoxy) is 2. The van der Waals surface area contributed by atoms with Crippen LogP contribution in [-0.4, -0.2) is 48.9 Å². The third-order valence-electron chi connectivity index (χ3n) is 4.47. The average molecular weight is 438 g/mol. The predicted octanol–water partition coefficient (Wildman–Crippen LogP) is 1.40. The fraction of sp³-hybridized carbons (Fsp3) is 0.182. The second kappa shape index (κ2) is 9.65. The van der Waals surface area contributed by atoms with Crippen LogP contribution in [-0.2, 0) is 14.4 Å². The van der Waals surface area contributed by atoms with E-state index >= 15 is 0 Å². The van der Waals surface area contributed by atoms with Gasteiger partial charge in [0.2, 0.25) is 5.91 Å². The molecular weight excluding hydrogens is 416 g/mol. The van der Waals surface area contributed by atoms with E-state index in [1.165, 1.54) is 13.2 Å². The standard InChI is InChI=1S/C22H22N4O6/c1-13-3-6-15(7-4-13)24-20(28)11-26-21(29)16(25-22(26)30)9-14-5-8-17(18(10-14)31-2)32-12-19(23)27/h3-10H,11-12H2,1-2H3,(H2,23,27)(H,24,28)(H,25,30). The van der Waals surface area contributed by atoms with Crippen molar-refractivity contribution in [3.05, 3.63) is 59.3 Å². The second-order valence-corrected chi connectivity index (χ2v) is 6.96. The minimum Gasteiger partial charge on any atom is -0.493 e. The van der Waals surface area contributed by atoms with Crippen LogP contribution in [0, 0.1) is 6.92 Å². The molecule has 3 rings (SSSR count). The largest absolute Gasteiger partial charge is 0.493 e. The molecule has 1 heterocycles. The quantitative estimate of drug-likeness (QED) is 0.420. The molecule has 0 saturated carbocycles. The maximum Gasteiger partial charge on any atom is 0.329 e. The summed E-state index contributed by atoms with van der Waals surface area (Å²) in [4.78, 5) is 48.9. The lowest BCUT2D eigenvalue weighted by Gasteiger charge is -2.12. The Morgan fingerprint density at radius 1 is 1.12 bits per heavy atom. The summed E-state index contributed by atoms with van der Waals surface area (Å²) in [5.74, 6) is -1.17. The van der Waals surface area contributed by atoms with E-state index in [2.05, 4.69) is 10.6 Å². The number of anilines is 1. The molecule has 0 radical (unpaired) electrons. The molecule has 0 unspecified atom stereocenters. The van der Waals surface area contributed by atoms with E-state index in [-0.39, 0.29) is 12.3 Å². The van der Waals surface area contributed by atoms with Gasteiger partial charge in [-0.05, 0) is 42.8 Å². The number of primary amides is 1. The van der Waals surface area contributed by atoms with E-state index in [0.717, 1.165) is 10.5 Å². The number of nitrogens with one attached hydrogen (secondary N) is 2. The van der Waals surface area contributed by atoms with E-state index in [0.29, 0.717) is 22.7 Å². The van der Waals surface area contributed by atoms with Gasteiger partial charge in [-0.15, -0.1) is 0 Å². The number of carbonyl (C=O) groups is 4. The van der Waals surface area contributed by atoms with Crippen molar-refractivity contribution in [1.29, 1.82) is 0 Å². The van der Waals surface area contributed by atoms with Gasteiger partial charge in [-0.3, -0.25) is 14.4 Å². The normalized spacial score (nSPS) is 14.3. The molecule has 1 saturated heterocycles. The maximum atomic E-state index is 12.6. The Kier molecular flexibility index (Phi) is 6.74. The Labute approximate surface area is 184 Å². The summed E-state index contributed by atoms with van der Waals surface area (Å²) in [7, 11) is 1.42. The van der Waals surface area contributed by atoms with Gasteiger partial charge in [0.15, 0.2) is 18.1 Å². The van der Waals surface area contributed by atoms with Crippen LogP contribution in [0.1, 0.15) is 11.1 Å². The lowest BCUT2D eigenvalue weighted by molar-refractivity contribution is -0.127. The zero-order valence-electron chi connectivity index (χ0n) is 17.5. The fourth-order valence-electron chi connectivity index (χ4n) is 2.90. The molecule has 5 amide bonds. The molecule has 0 aromatic heterocycles. The molecule has 4 N–H and O–H groups in total. The monoisotopic (exact) mass is 438 g/mol. The number of hydrogen-bond donors (Lipinski definition) is 3. The first-order chi connectivity index (χ1) is 15.3. The van der Waals surface area contributed by atoms with Gasteiger partial charge < -0.3 is 25.8 Å². The van der Waals surface area contributed by atoms with Gasteiger partial charge in [0.25, 0.3) is 11.8 Å². The van der Waals surface area contributed by atoms with Gasteiger partial charge in [0.1, 0.15) is 12.2 Å². The first-order valence-corrected chi connectivity index (χ1v) is 9.57. The number of imide groups is 1. The lowest BCUT2D eigenvalue weighted by atomic mass is 10.1. The van der Waals surface area contributed by atoms with Crippen LogP contribution in [0.2, 0.25) is 0 Å². The van der Waals surface area contributed by atoms with Gasteiger partial charge in [-0.1, -0.05) is 23.8 Å². The highest BCUT2D eigenvalue weighted by atomic mass is 16.5. The summed E-state index contributed by atoms with van der Waals surface area (Å²) < 4.78 is 10.5. The molecule has 0 spiro atoms. The van der Waals surface area contributed by atoms with Crippen molar-refractivity contribution < 1.29 is 28.7 Å². The van der Waals surface area contributed by atoms with Crippen molar-refractivity contribution >= 4 is 35.5 Å². The third-order valence-corrected chi connectivity index (χ3v) is 4.47. The molecular formula is C22H22N4O6. The Bertz CT molecular complexity index is 1090. The number of rotatable bonds is 8. The summed E-state index contributed by atoms with van der Waals surface area (Å²) in [6.45, 7) is 1.17. The molecule has 166 valence electrons. The number of nitrogens with two attached hydrogens (primary N) is 1. The topological polar surface area (TPSA) is 140 Å². The number of benzene rings is 2. The number of aryl methyl sites for hydroxylation is 1. The summed E-state index contributed by atoms with van der Waals surface area (Å²) in [6.07, 6.45) is 1.44. The van der Waals surface area contributed by atoms with Crippen LogP contribution in [0.4, 0.5) is 10.5 Å². The van der Waals surface area contributed by atoms with Crippen molar-refractivity contribution in [3.63, 3.8) is 0 Å². The first kappa shape index (κ1) is 22.3. The highest BCUT2D eigenvalue weighted by Crippen LogP contribution is 2.29. The van der Waals surface area contributed by atoms with Gasteiger partial charge in [0, 0.05) is 5.69 Å². The van der Waals surface area contributed by atoms with Gasteiger partial charge in [-0.2, -0.15) is 0 Å². The summed E-state index contributed by atoms with van der Waals surface area (Å²) >= 11 is 0. The number of amides is 5. The minimum absolute atomic E-state index is 0.00555. The van der Waals surface area contributed by atoms with Gasteiger partial charge in [-0.25, -0.2) is 9.69 Å². The lowest BCUT2D eigenvalue weighted by Crippen LogP contribution is -2.38. The minimum atomic E-state index is -0.700. The smallest absolute Gasteiger partial charge is 0.329 e. The zero-order chi connectivity index (χ0) is 23.3. The molecule has 0 bridgehead atoms. The van der Waals surface area contributed by atoms with E-state index in [1.807, 2.05) is 19.1 Å². The van der Waals surface area contributed by atoms with Gasteiger partial charge >= 0.3 is 6.03 Å². The highest BCUT2D eigenvalue weighted by Gasteiger charge is 2.35. The van der Waals surface area contributed by atoms with Crippen molar-refractivity contribution in [3.8, 4) is 11.5 Å². The Hall–Kier alpha value is -4.34. The summed E-state index contributed by atoms with van der Waals surface area (Å²) in [5.41, 5.74) is 7.21. The van der Waals surface area contributed by atoms with E-state index in [9.17, 15) is 19.2 Å². The van der Waals surface area contributed by atoms with Crippen LogP contribution in [0.5, 0.6) is 11.5 Å². The first-order valence-electron chi connectivity index (χ1n) is 9.57. The third kappa shape index (κ3) is 5.42. The van der Waals surface area contributed by atoms with Crippen molar-refractivity contribution in [1.82, 2.24) is 10.2 Å². The van der Waals surface area contributed by atoms with Crippen LogP contribution in [0.25, 0.3) is 6.08 Å². The molecule has 10 nitrogen and oxygen atoms in total. The molecule has 2 aromatic carbocycles. The molecule has 2 aromatic rings. The number of methoxy groups -OCH3 is 1. The van der Waals surface area contributed by atoms with E-state index in [4.69, 9.17) is 15.2 Å². The van der Waals surface area contributed by atoms with Crippen molar-refractivity contribution in [2.75, 3.05) is 25.6 Å². The Morgan fingerprint density at radius 2 is 1.84 bits per heavy atom. The number of carbonyl (C=O) groups excluding carboxylic acids is 4. The second-order valence-electron chi connectivity index (χ2n) is 6.96. The number of nitrogens with zero attached hydrogens (tertiary/aromatic N) is 1. The van der Waals surface area contributed by atoms with E-state index < -0.39 is 30.3 Å². The molecule has 0 aliphatic carbocycles. The SMILES string of the molecule is COc1cc(C=C2NC(=O)N(CC(=O)Nc3ccc(C)cc3)C2=O)ccc1OCC(N)=O. The predicted molar refractivity (Wildman–Crippen MR) is 116 cm³/mol. The Balaban J connectivity index is 1.70. The van der Waals surface area contributed by atoms with Crippen LogP contribution in [0.3, 0.4) is 0 Å². The van der Waals surface area contributed by atoms with Gasteiger partial charge in [0.05, 0.1) is 7.11 Å².